The summed E-state index contributed by atoms with van der Waals surface area (Å²) < 4.78 is 5.71. The van der Waals surface area contributed by atoms with Gasteiger partial charge in [-0.3, -0.25) is 4.90 Å². The normalized spacial score (nSPS) is 22.1. The Morgan fingerprint density at radius 1 is 1.25 bits per heavy atom. The summed E-state index contributed by atoms with van der Waals surface area (Å²) in [5.41, 5.74) is 2.11. The first-order valence-corrected chi connectivity index (χ1v) is 9.12. The number of hydrogen-bond acceptors (Lipinski definition) is 3. The van der Waals surface area contributed by atoms with Gasteiger partial charge in [0.1, 0.15) is 0 Å². The minimum absolute atomic E-state index is 0.0138. The van der Waals surface area contributed by atoms with E-state index in [0.29, 0.717) is 12.0 Å². The molecule has 2 amide bonds. The van der Waals surface area contributed by atoms with Crippen LogP contribution in [0.2, 0.25) is 0 Å². The van der Waals surface area contributed by atoms with E-state index >= 15 is 0 Å². The fraction of sp³-hybridized carbons (Fsp3) is 0.632. The molecule has 0 radical (unpaired) electrons. The van der Waals surface area contributed by atoms with Crippen LogP contribution in [0, 0.1) is 0 Å². The fourth-order valence-electron chi connectivity index (χ4n) is 3.52. The number of carbonyl (C=O) groups excluding carboxylic acids is 1. The number of ether oxygens (including phenoxy) is 1. The molecule has 0 spiro atoms. The van der Waals surface area contributed by atoms with E-state index < -0.39 is 0 Å². The Labute approximate surface area is 145 Å². The Hall–Kier alpha value is -1.59. The van der Waals surface area contributed by atoms with Crippen LogP contribution in [0.3, 0.4) is 0 Å². The van der Waals surface area contributed by atoms with E-state index in [0.717, 1.165) is 45.0 Å². The van der Waals surface area contributed by atoms with E-state index in [1.54, 1.807) is 0 Å². The number of rotatable bonds is 4. The molecule has 1 atom stereocenters. The molecule has 0 saturated carbocycles. The van der Waals surface area contributed by atoms with Crippen LogP contribution in [0.5, 0.6) is 0 Å². The van der Waals surface area contributed by atoms with Crippen LogP contribution in [0.25, 0.3) is 0 Å². The van der Waals surface area contributed by atoms with Crippen molar-refractivity contribution in [2.75, 3.05) is 44.6 Å². The third-order valence-electron chi connectivity index (χ3n) is 4.97. The van der Waals surface area contributed by atoms with Gasteiger partial charge in [-0.25, -0.2) is 4.79 Å². The van der Waals surface area contributed by atoms with Gasteiger partial charge >= 0.3 is 6.03 Å². The molecule has 132 valence electrons. The molecule has 1 N–H and O–H groups in total. The van der Waals surface area contributed by atoms with Crippen molar-refractivity contribution in [2.24, 2.45) is 0 Å². The summed E-state index contributed by atoms with van der Waals surface area (Å²) in [5, 5.41) is 3.09. The summed E-state index contributed by atoms with van der Waals surface area (Å²) in [7, 11) is 0. The number of piperazine rings is 1. The van der Waals surface area contributed by atoms with E-state index in [2.05, 4.69) is 30.1 Å². The van der Waals surface area contributed by atoms with Gasteiger partial charge < -0.3 is 15.0 Å². The quantitative estimate of drug-likeness (QED) is 0.922. The molecule has 1 unspecified atom stereocenters. The predicted octanol–water partition coefficient (Wildman–Crippen LogP) is 3.14. The second-order valence-corrected chi connectivity index (χ2v) is 7.09. The predicted molar refractivity (Wildman–Crippen MR) is 96.5 cm³/mol. The minimum Gasteiger partial charge on any atom is -0.377 e. The highest BCUT2D eigenvalue weighted by atomic mass is 16.5. The van der Waals surface area contributed by atoms with Crippen LogP contribution in [0.1, 0.15) is 38.2 Å². The Kier molecular flexibility index (Phi) is 5.74. The first-order valence-electron chi connectivity index (χ1n) is 9.12. The van der Waals surface area contributed by atoms with Crippen LogP contribution in [-0.2, 0) is 4.74 Å². The van der Waals surface area contributed by atoms with Gasteiger partial charge in [-0.1, -0.05) is 32.0 Å². The zero-order valence-corrected chi connectivity index (χ0v) is 14.8. The lowest BCUT2D eigenvalue weighted by Gasteiger charge is -2.35. The molecular weight excluding hydrogens is 302 g/mol. The number of para-hydroxylation sites is 1. The lowest BCUT2D eigenvalue weighted by molar-refractivity contribution is 0.0572. The van der Waals surface area contributed by atoms with Gasteiger partial charge in [-0.15, -0.1) is 0 Å². The van der Waals surface area contributed by atoms with Crippen LogP contribution in [-0.4, -0.2) is 61.3 Å². The molecule has 2 aliphatic rings. The Bertz CT molecular complexity index is 547. The summed E-state index contributed by atoms with van der Waals surface area (Å²) in [6, 6.07) is 8.08. The monoisotopic (exact) mass is 331 g/mol. The SMILES string of the molecule is CC(C)c1ccccc1NC(=O)N1CCN(CC2CCCO2)CC1. The van der Waals surface area contributed by atoms with Crippen molar-refractivity contribution in [3.05, 3.63) is 29.8 Å². The number of hydrogen-bond donors (Lipinski definition) is 1. The van der Waals surface area contributed by atoms with Gasteiger partial charge in [-0.2, -0.15) is 0 Å². The molecule has 1 aromatic carbocycles. The number of carbonyl (C=O) groups is 1. The molecule has 2 aliphatic heterocycles. The average molecular weight is 331 g/mol. The lowest BCUT2D eigenvalue weighted by atomic mass is 10.0. The maximum absolute atomic E-state index is 12.6. The first kappa shape index (κ1) is 17.2. The highest BCUT2D eigenvalue weighted by Crippen LogP contribution is 2.24. The standard InChI is InChI=1S/C19H29N3O2/c1-15(2)17-7-3-4-8-18(17)20-19(23)22-11-9-21(10-12-22)14-16-6-5-13-24-16/h3-4,7-8,15-16H,5-6,9-14H2,1-2H3,(H,20,23). The number of anilines is 1. The molecular formula is C19H29N3O2. The third-order valence-corrected chi connectivity index (χ3v) is 4.97. The zero-order valence-electron chi connectivity index (χ0n) is 14.8. The molecule has 3 rings (SSSR count). The largest absolute Gasteiger partial charge is 0.377 e. The second-order valence-electron chi connectivity index (χ2n) is 7.09. The van der Waals surface area contributed by atoms with Crippen molar-refractivity contribution < 1.29 is 9.53 Å². The maximum atomic E-state index is 12.6. The van der Waals surface area contributed by atoms with Gasteiger partial charge in [0.05, 0.1) is 6.10 Å². The first-order chi connectivity index (χ1) is 11.6. The molecule has 0 aromatic heterocycles. The van der Waals surface area contributed by atoms with Crippen molar-refractivity contribution in [1.29, 1.82) is 0 Å². The topological polar surface area (TPSA) is 44.8 Å². The summed E-state index contributed by atoms with van der Waals surface area (Å²) >= 11 is 0. The van der Waals surface area contributed by atoms with Gasteiger partial charge in [0.2, 0.25) is 0 Å². The lowest BCUT2D eigenvalue weighted by Crippen LogP contribution is -2.51. The Morgan fingerprint density at radius 3 is 2.67 bits per heavy atom. The van der Waals surface area contributed by atoms with Gasteiger partial charge in [0, 0.05) is 45.0 Å². The highest BCUT2D eigenvalue weighted by molar-refractivity contribution is 5.90. The number of amides is 2. The number of benzene rings is 1. The van der Waals surface area contributed by atoms with E-state index in [1.165, 1.54) is 18.4 Å². The smallest absolute Gasteiger partial charge is 0.321 e. The highest BCUT2D eigenvalue weighted by Gasteiger charge is 2.25. The number of nitrogens with zero attached hydrogens (tertiary/aromatic N) is 2. The zero-order chi connectivity index (χ0) is 16.9. The molecule has 24 heavy (non-hydrogen) atoms. The molecule has 0 aliphatic carbocycles. The van der Waals surface area contributed by atoms with Crippen LogP contribution in [0.4, 0.5) is 10.5 Å². The molecule has 5 heteroatoms. The third kappa shape index (κ3) is 4.28. The number of nitrogens with one attached hydrogen (secondary N) is 1. The summed E-state index contributed by atoms with van der Waals surface area (Å²) in [6.07, 6.45) is 2.75. The second kappa shape index (κ2) is 7.99. The van der Waals surface area contributed by atoms with Crippen LogP contribution < -0.4 is 5.32 Å². The van der Waals surface area contributed by atoms with Crippen molar-refractivity contribution >= 4 is 11.7 Å². The van der Waals surface area contributed by atoms with Crippen molar-refractivity contribution in [3.63, 3.8) is 0 Å². The van der Waals surface area contributed by atoms with E-state index in [4.69, 9.17) is 4.74 Å². The van der Waals surface area contributed by atoms with Crippen LogP contribution >= 0.6 is 0 Å². The number of urea groups is 1. The molecule has 2 saturated heterocycles. The fourth-order valence-corrected chi connectivity index (χ4v) is 3.52. The Balaban J connectivity index is 1.50. The Morgan fingerprint density at radius 2 is 2.00 bits per heavy atom. The average Bonchev–Trinajstić information content (AvgIpc) is 3.09. The maximum Gasteiger partial charge on any atom is 0.321 e. The van der Waals surface area contributed by atoms with E-state index in [1.807, 2.05) is 23.1 Å². The van der Waals surface area contributed by atoms with Crippen LogP contribution in [0.15, 0.2) is 24.3 Å². The van der Waals surface area contributed by atoms with E-state index in [-0.39, 0.29) is 6.03 Å². The molecule has 1 aromatic rings. The van der Waals surface area contributed by atoms with Crippen molar-refractivity contribution in [1.82, 2.24) is 9.80 Å². The molecule has 5 nitrogen and oxygen atoms in total. The molecule has 0 bridgehead atoms. The van der Waals surface area contributed by atoms with Gasteiger partial charge in [0.25, 0.3) is 0 Å². The molecule has 2 heterocycles. The summed E-state index contributed by atoms with van der Waals surface area (Å²) in [5.74, 6) is 0.393. The van der Waals surface area contributed by atoms with E-state index in [9.17, 15) is 4.79 Å². The van der Waals surface area contributed by atoms with Gasteiger partial charge in [-0.05, 0) is 30.4 Å². The van der Waals surface area contributed by atoms with Crippen molar-refractivity contribution in [2.45, 2.75) is 38.7 Å². The van der Waals surface area contributed by atoms with Gasteiger partial charge in [0.15, 0.2) is 0 Å². The summed E-state index contributed by atoms with van der Waals surface area (Å²) in [6.45, 7) is 9.63. The molecule has 2 fully saturated rings. The van der Waals surface area contributed by atoms with Crippen molar-refractivity contribution in [3.8, 4) is 0 Å². The minimum atomic E-state index is 0.0138. The summed E-state index contributed by atoms with van der Waals surface area (Å²) in [4.78, 5) is 16.9.